The number of carbonyl (C=O) groups is 4. The zero-order valence-corrected chi connectivity index (χ0v) is 16.8. The number of esters is 1. The number of hydrogen-bond donors (Lipinski definition) is 2. The van der Waals surface area contributed by atoms with Crippen LogP contribution in [0, 0.1) is 0 Å². The summed E-state index contributed by atoms with van der Waals surface area (Å²) in [5.41, 5.74) is 0.227. The molecule has 0 bridgehead atoms. The third kappa shape index (κ3) is 4.58. The van der Waals surface area contributed by atoms with Gasteiger partial charge in [0.25, 0.3) is 11.8 Å². The zero-order chi connectivity index (χ0) is 21.0. The molecule has 1 saturated heterocycles. The van der Waals surface area contributed by atoms with Gasteiger partial charge >= 0.3 is 12.0 Å². The number of amides is 4. The lowest BCUT2D eigenvalue weighted by Crippen LogP contribution is -2.45. The Balaban J connectivity index is 1.47. The quantitative estimate of drug-likeness (QED) is 0.535. The van der Waals surface area contributed by atoms with Crippen molar-refractivity contribution in [3.05, 3.63) is 35.9 Å². The second-order valence-electron chi connectivity index (χ2n) is 7.80. The first-order valence-electron chi connectivity index (χ1n) is 9.98. The van der Waals surface area contributed by atoms with Crippen molar-refractivity contribution in [1.29, 1.82) is 0 Å². The molecular weight excluding hydrogens is 374 g/mol. The Hall–Kier alpha value is -2.90. The molecule has 156 valence electrons. The number of rotatable bonds is 7. The van der Waals surface area contributed by atoms with Crippen molar-refractivity contribution in [2.75, 3.05) is 13.1 Å². The molecule has 2 N–H and O–H groups in total. The molecule has 1 aromatic rings. The van der Waals surface area contributed by atoms with Gasteiger partial charge in [-0.25, -0.2) is 4.79 Å². The minimum absolute atomic E-state index is 0.108. The van der Waals surface area contributed by atoms with Gasteiger partial charge in [-0.2, -0.15) is 0 Å². The Morgan fingerprint density at radius 2 is 1.83 bits per heavy atom. The van der Waals surface area contributed by atoms with E-state index in [1.165, 1.54) is 6.92 Å². The van der Waals surface area contributed by atoms with Crippen LogP contribution >= 0.6 is 0 Å². The average Bonchev–Trinajstić information content (AvgIpc) is 3.27. The Bertz CT molecular complexity index is 789. The monoisotopic (exact) mass is 401 g/mol. The molecule has 1 aliphatic heterocycles. The van der Waals surface area contributed by atoms with Gasteiger partial charge < -0.3 is 15.4 Å². The summed E-state index contributed by atoms with van der Waals surface area (Å²) in [6.07, 6.45) is 1.88. The molecule has 8 nitrogen and oxygen atoms in total. The van der Waals surface area contributed by atoms with Gasteiger partial charge in [-0.1, -0.05) is 50.1 Å². The summed E-state index contributed by atoms with van der Waals surface area (Å²) in [6, 6.07) is 9.18. The highest BCUT2D eigenvalue weighted by Gasteiger charge is 2.52. The lowest BCUT2D eigenvalue weighted by atomic mass is 9.98. The van der Waals surface area contributed by atoms with Gasteiger partial charge in [-0.05, 0) is 31.2 Å². The standard InChI is InChI=1S/C21H27N3O5/c1-14(16-8-4-3-5-9-16)12-22-18(26)15(2)29-17(25)13-24-19(27)21(23-20(24)28)10-6-7-11-21/h3-5,8-9,14-15H,6-7,10-13H2,1-2H3,(H,22,26)(H,23,28)/t14-,15+/m0/s1. The highest BCUT2D eigenvalue weighted by Crippen LogP contribution is 2.34. The van der Waals surface area contributed by atoms with Crippen molar-refractivity contribution in [3.63, 3.8) is 0 Å². The van der Waals surface area contributed by atoms with E-state index < -0.39 is 36.1 Å². The van der Waals surface area contributed by atoms with Gasteiger partial charge in [0.2, 0.25) is 0 Å². The van der Waals surface area contributed by atoms with Crippen molar-refractivity contribution in [2.24, 2.45) is 0 Å². The zero-order valence-electron chi connectivity index (χ0n) is 16.8. The van der Waals surface area contributed by atoms with Crippen LogP contribution < -0.4 is 10.6 Å². The summed E-state index contributed by atoms with van der Waals surface area (Å²) < 4.78 is 5.13. The number of ether oxygens (including phenoxy) is 1. The Labute approximate surface area is 170 Å². The van der Waals surface area contributed by atoms with E-state index in [0.717, 1.165) is 23.3 Å². The van der Waals surface area contributed by atoms with Crippen molar-refractivity contribution < 1.29 is 23.9 Å². The molecule has 29 heavy (non-hydrogen) atoms. The van der Waals surface area contributed by atoms with E-state index in [9.17, 15) is 19.2 Å². The van der Waals surface area contributed by atoms with Gasteiger partial charge in [-0.3, -0.25) is 19.3 Å². The number of urea groups is 1. The van der Waals surface area contributed by atoms with Crippen LogP contribution in [0.2, 0.25) is 0 Å². The second-order valence-corrected chi connectivity index (χ2v) is 7.80. The van der Waals surface area contributed by atoms with E-state index in [4.69, 9.17) is 4.74 Å². The Kier molecular flexibility index (Phi) is 6.20. The third-order valence-corrected chi connectivity index (χ3v) is 5.62. The van der Waals surface area contributed by atoms with Gasteiger partial charge in [0, 0.05) is 6.54 Å². The predicted molar refractivity (Wildman–Crippen MR) is 105 cm³/mol. The lowest BCUT2D eigenvalue weighted by Gasteiger charge is -2.20. The molecule has 8 heteroatoms. The highest BCUT2D eigenvalue weighted by atomic mass is 16.5. The summed E-state index contributed by atoms with van der Waals surface area (Å²) in [5.74, 6) is -1.49. The normalized spacial score (nSPS) is 19.7. The first-order chi connectivity index (χ1) is 13.8. The number of nitrogens with one attached hydrogen (secondary N) is 2. The first kappa shape index (κ1) is 20.8. The van der Waals surface area contributed by atoms with E-state index >= 15 is 0 Å². The largest absolute Gasteiger partial charge is 0.451 e. The molecule has 0 unspecified atom stereocenters. The summed E-state index contributed by atoms with van der Waals surface area (Å²) in [7, 11) is 0. The number of nitrogens with zero attached hydrogens (tertiary/aromatic N) is 1. The summed E-state index contributed by atoms with van der Waals surface area (Å²) >= 11 is 0. The fourth-order valence-corrected chi connectivity index (χ4v) is 3.85. The molecule has 0 radical (unpaired) electrons. The van der Waals surface area contributed by atoms with E-state index in [1.807, 2.05) is 37.3 Å². The molecule has 1 spiro atoms. The third-order valence-electron chi connectivity index (χ3n) is 5.62. The van der Waals surface area contributed by atoms with Crippen LogP contribution in [-0.2, 0) is 19.1 Å². The molecule has 1 heterocycles. The molecule has 3 rings (SSSR count). The van der Waals surface area contributed by atoms with Gasteiger partial charge in [0.15, 0.2) is 6.10 Å². The second kappa shape index (κ2) is 8.63. The molecule has 2 fully saturated rings. The number of benzene rings is 1. The Morgan fingerprint density at radius 1 is 1.17 bits per heavy atom. The maximum atomic E-state index is 12.6. The van der Waals surface area contributed by atoms with Crippen LogP contribution in [0.15, 0.2) is 30.3 Å². The maximum absolute atomic E-state index is 12.6. The molecule has 4 amide bonds. The number of carbonyl (C=O) groups excluding carboxylic acids is 4. The number of imide groups is 1. The van der Waals surface area contributed by atoms with Crippen LogP contribution in [0.4, 0.5) is 4.79 Å². The van der Waals surface area contributed by atoms with E-state index in [0.29, 0.717) is 19.4 Å². The molecule has 1 aromatic carbocycles. The summed E-state index contributed by atoms with van der Waals surface area (Å²) in [4.78, 5) is 50.0. The molecule has 1 aliphatic carbocycles. The van der Waals surface area contributed by atoms with Crippen LogP contribution in [-0.4, -0.2) is 53.4 Å². The Morgan fingerprint density at radius 3 is 2.48 bits per heavy atom. The molecular formula is C21H27N3O5. The summed E-state index contributed by atoms with van der Waals surface area (Å²) in [5, 5.41) is 5.47. The topological polar surface area (TPSA) is 105 Å². The maximum Gasteiger partial charge on any atom is 0.327 e. The van der Waals surface area contributed by atoms with Gasteiger partial charge in [-0.15, -0.1) is 0 Å². The molecule has 2 atom stereocenters. The molecule has 1 saturated carbocycles. The van der Waals surface area contributed by atoms with Crippen LogP contribution in [0.1, 0.15) is 51.0 Å². The van der Waals surface area contributed by atoms with E-state index in [1.54, 1.807) is 0 Å². The van der Waals surface area contributed by atoms with Crippen LogP contribution in [0.3, 0.4) is 0 Å². The predicted octanol–water partition coefficient (Wildman–Crippen LogP) is 1.70. The van der Waals surface area contributed by atoms with Crippen molar-refractivity contribution in [1.82, 2.24) is 15.5 Å². The SMILES string of the molecule is C[C@@H](OC(=O)CN1C(=O)NC2(CCCC2)C1=O)C(=O)NC[C@H](C)c1ccccc1. The first-order valence-corrected chi connectivity index (χ1v) is 9.98. The molecule has 2 aliphatic rings. The fourth-order valence-electron chi connectivity index (χ4n) is 3.85. The van der Waals surface area contributed by atoms with Crippen molar-refractivity contribution in [2.45, 2.75) is 57.1 Å². The minimum Gasteiger partial charge on any atom is -0.451 e. The minimum atomic E-state index is -1.02. The fraction of sp³-hybridized carbons (Fsp3) is 0.524. The van der Waals surface area contributed by atoms with Gasteiger partial charge in [0.1, 0.15) is 12.1 Å². The van der Waals surface area contributed by atoms with E-state index in [-0.39, 0.29) is 11.8 Å². The lowest BCUT2D eigenvalue weighted by molar-refractivity contribution is -0.156. The van der Waals surface area contributed by atoms with Crippen molar-refractivity contribution in [3.8, 4) is 0 Å². The van der Waals surface area contributed by atoms with Gasteiger partial charge in [0.05, 0.1) is 0 Å². The molecule has 0 aromatic heterocycles. The number of hydrogen-bond acceptors (Lipinski definition) is 5. The van der Waals surface area contributed by atoms with E-state index in [2.05, 4.69) is 10.6 Å². The average molecular weight is 401 g/mol. The van der Waals surface area contributed by atoms with Crippen LogP contribution in [0.5, 0.6) is 0 Å². The smallest absolute Gasteiger partial charge is 0.327 e. The van der Waals surface area contributed by atoms with Crippen molar-refractivity contribution >= 4 is 23.8 Å². The summed E-state index contributed by atoms with van der Waals surface area (Å²) in [6.45, 7) is 3.36. The van der Waals surface area contributed by atoms with Crippen LogP contribution in [0.25, 0.3) is 0 Å². The highest BCUT2D eigenvalue weighted by molar-refractivity contribution is 6.08.